The summed E-state index contributed by atoms with van der Waals surface area (Å²) in [6.45, 7) is 3.30. The smallest absolute Gasteiger partial charge is 0.226 e. The normalized spacial score (nSPS) is 23.3. The van der Waals surface area contributed by atoms with E-state index in [-0.39, 0.29) is 23.7 Å². The van der Waals surface area contributed by atoms with Crippen LogP contribution in [0.2, 0.25) is 0 Å². The Morgan fingerprint density at radius 2 is 1.96 bits per heavy atom. The van der Waals surface area contributed by atoms with E-state index >= 15 is 0 Å². The lowest BCUT2D eigenvalue weighted by Crippen LogP contribution is -2.48. The van der Waals surface area contributed by atoms with Crippen molar-refractivity contribution in [3.63, 3.8) is 0 Å². The van der Waals surface area contributed by atoms with Gasteiger partial charge in [0.1, 0.15) is 0 Å². The number of nitrogens with zero attached hydrogens (tertiary/aromatic N) is 4. The Bertz CT molecular complexity index is 798. The summed E-state index contributed by atoms with van der Waals surface area (Å²) in [4.78, 5) is 27.1. The average Bonchev–Trinajstić information content (AvgIpc) is 3.36. The predicted octanol–water partition coefficient (Wildman–Crippen LogP) is 0.194. The second kappa shape index (κ2) is 7.41. The van der Waals surface area contributed by atoms with Gasteiger partial charge in [0.2, 0.25) is 11.8 Å². The number of carbonyl (C=O) groups excluding carboxylic acids is 2. The molecule has 26 heavy (non-hydrogen) atoms. The predicted molar refractivity (Wildman–Crippen MR) is 95.1 cm³/mol. The van der Waals surface area contributed by atoms with Gasteiger partial charge in [0.25, 0.3) is 0 Å². The van der Waals surface area contributed by atoms with Crippen LogP contribution in [0.15, 0.2) is 24.4 Å². The Morgan fingerprint density at radius 1 is 1.15 bits per heavy atom. The first-order valence-corrected chi connectivity index (χ1v) is 9.28. The highest BCUT2D eigenvalue weighted by atomic mass is 16.2. The van der Waals surface area contributed by atoms with Crippen molar-refractivity contribution >= 4 is 17.5 Å². The van der Waals surface area contributed by atoms with Gasteiger partial charge < -0.3 is 15.5 Å². The molecule has 0 saturated carbocycles. The molecule has 0 radical (unpaired) electrons. The van der Waals surface area contributed by atoms with E-state index in [1.54, 1.807) is 0 Å². The van der Waals surface area contributed by atoms with Gasteiger partial charge in [0, 0.05) is 32.4 Å². The average molecular weight is 356 g/mol. The first-order chi connectivity index (χ1) is 12.7. The van der Waals surface area contributed by atoms with E-state index in [9.17, 15) is 9.59 Å². The van der Waals surface area contributed by atoms with E-state index in [1.807, 2.05) is 33.7 Å². The maximum Gasteiger partial charge on any atom is 0.226 e. The molecule has 2 aromatic rings. The zero-order valence-corrected chi connectivity index (χ0v) is 14.7. The number of hydrogen-bond donors (Lipinski definition) is 2. The minimum atomic E-state index is -0.195. The lowest BCUT2D eigenvalue weighted by atomic mass is 9.89. The third kappa shape index (κ3) is 3.41. The fourth-order valence-corrected chi connectivity index (χ4v) is 3.85. The summed E-state index contributed by atoms with van der Waals surface area (Å²) in [5.41, 5.74) is 0.757. The molecule has 138 valence electrons. The van der Waals surface area contributed by atoms with E-state index in [0.29, 0.717) is 31.9 Å². The number of piperidine rings is 1. The van der Waals surface area contributed by atoms with Crippen LogP contribution in [0.4, 0.5) is 0 Å². The van der Waals surface area contributed by atoms with Gasteiger partial charge in [-0.2, -0.15) is 0 Å². The zero-order chi connectivity index (χ0) is 17.9. The Kier molecular flexibility index (Phi) is 4.83. The molecule has 2 aliphatic rings. The SMILES string of the molecule is O=C(NCc1nnc2ccccn12)[C@H]1CNC[C@@H](C(=O)N2CCCC2)C1. The standard InChI is InChI=1S/C18H24N6O2/c25-17(20-12-16-22-21-15-5-1-2-8-24(15)16)13-9-14(11-19-10-13)18(26)23-6-3-4-7-23/h1-2,5,8,13-14,19H,3-4,6-7,9-12H2,(H,20,25)/t13-,14+/m1/s1. The molecule has 0 aliphatic carbocycles. The molecule has 2 fully saturated rings. The fourth-order valence-electron chi connectivity index (χ4n) is 3.85. The maximum absolute atomic E-state index is 12.6. The third-order valence-corrected chi connectivity index (χ3v) is 5.29. The van der Waals surface area contributed by atoms with Crippen LogP contribution in [-0.2, 0) is 16.1 Å². The number of fused-ring (bicyclic) bond motifs is 1. The highest BCUT2D eigenvalue weighted by molar-refractivity contribution is 5.83. The third-order valence-electron chi connectivity index (χ3n) is 5.29. The Hall–Kier alpha value is -2.48. The highest BCUT2D eigenvalue weighted by Gasteiger charge is 2.34. The lowest BCUT2D eigenvalue weighted by molar-refractivity contribution is -0.136. The molecule has 8 heteroatoms. The monoisotopic (exact) mass is 356 g/mol. The molecule has 8 nitrogen and oxygen atoms in total. The topological polar surface area (TPSA) is 91.6 Å². The lowest BCUT2D eigenvalue weighted by Gasteiger charge is -2.31. The highest BCUT2D eigenvalue weighted by Crippen LogP contribution is 2.21. The van der Waals surface area contributed by atoms with Crippen molar-refractivity contribution in [2.75, 3.05) is 26.2 Å². The largest absolute Gasteiger partial charge is 0.349 e. The minimum absolute atomic E-state index is 0.0379. The van der Waals surface area contributed by atoms with E-state index in [4.69, 9.17) is 0 Å². The van der Waals surface area contributed by atoms with E-state index < -0.39 is 0 Å². The van der Waals surface area contributed by atoms with Crippen molar-refractivity contribution in [3.05, 3.63) is 30.2 Å². The molecule has 0 unspecified atom stereocenters. The van der Waals surface area contributed by atoms with Gasteiger partial charge >= 0.3 is 0 Å². The van der Waals surface area contributed by atoms with Crippen molar-refractivity contribution in [2.24, 2.45) is 11.8 Å². The summed E-state index contributed by atoms with van der Waals surface area (Å²) in [5, 5.41) is 14.4. The first kappa shape index (κ1) is 17.0. The fraction of sp³-hybridized carbons (Fsp3) is 0.556. The molecule has 2 N–H and O–H groups in total. The van der Waals surface area contributed by atoms with Crippen LogP contribution >= 0.6 is 0 Å². The van der Waals surface area contributed by atoms with Crippen molar-refractivity contribution in [3.8, 4) is 0 Å². The maximum atomic E-state index is 12.6. The molecule has 4 heterocycles. The number of rotatable bonds is 4. The summed E-state index contributed by atoms with van der Waals surface area (Å²) in [6.07, 6.45) is 4.66. The van der Waals surface area contributed by atoms with Gasteiger partial charge in [-0.1, -0.05) is 6.07 Å². The van der Waals surface area contributed by atoms with Crippen LogP contribution in [0.25, 0.3) is 5.65 Å². The van der Waals surface area contributed by atoms with Crippen LogP contribution in [0.1, 0.15) is 25.1 Å². The summed E-state index contributed by atoms with van der Waals surface area (Å²) < 4.78 is 1.86. The van der Waals surface area contributed by atoms with Gasteiger partial charge in [-0.05, 0) is 31.4 Å². The zero-order valence-electron chi connectivity index (χ0n) is 14.7. The molecule has 0 bridgehead atoms. The summed E-state index contributed by atoms with van der Waals surface area (Å²) >= 11 is 0. The Labute approximate surface area is 152 Å². The Morgan fingerprint density at radius 3 is 2.81 bits per heavy atom. The van der Waals surface area contributed by atoms with Crippen molar-refractivity contribution < 1.29 is 9.59 Å². The number of hydrogen-bond acceptors (Lipinski definition) is 5. The molecule has 0 spiro atoms. The van der Waals surface area contributed by atoms with Crippen LogP contribution in [0.5, 0.6) is 0 Å². The van der Waals surface area contributed by atoms with Crippen LogP contribution in [0, 0.1) is 11.8 Å². The summed E-state index contributed by atoms with van der Waals surface area (Å²) in [7, 11) is 0. The molecule has 2 saturated heterocycles. The first-order valence-electron chi connectivity index (χ1n) is 9.28. The van der Waals surface area contributed by atoms with Crippen molar-refractivity contribution in [1.82, 2.24) is 30.1 Å². The number of nitrogens with one attached hydrogen (secondary N) is 2. The van der Waals surface area contributed by atoms with Gasteiger partial charge in [-0.25, -0.2) is 0 Å². The molecule has 2 atom stereocenters. The van der Waals surface area contributed by atoms with Crippen molar-refractivity contribution in [2.45, 2.75) is 25.8 Å². The van der Waals surface area contributed by atoms with Gasteiger partial charge in [0.15, 0.2) is 11.5 Å². The van der Waals surface area contributed by atoms with Gasteiger partial charge in [0.05, 0.1) is 18.4 Å². The van der Waals surface area contributed by atoms with Crippen LogP contribution in [0.3, 0.4) is 0 Å². The minimum Gasteiger partial charge on any atom is -0.349 e. The number of likely N-dealkylation sites (tertiary alicyclic amines) is 1. The van der Waals surface area contributed by atoms with Crippen LogP contribution < -0.4 is 10.6 Å². The van der Waals surface area contributed by atoms with Crippen LogP contribution in [-0.4, -0.2) is 57.5 Å². The summed E-state index contributed by atoms with van der Waals surface area (Å²) in [6, 6.07) is 5.68. The van der Waals surface area contributed by atoms with E-state index in [0.717, 1.165) is 31.6 Å². The molecular formula is C18H24N6O2. The number of carbonyl (C=O) groups is 2. The van der Waals surface area contributed by atoms with Crippen molar-refractivity contribution in [1.29, 1.82) is 0 Å². The summed E-state index contributed by atoms with van der Waals surface area (Å²) in [5.74, 6) is 0.550. The molecule has 2 aliphatic heterocycles. The molecule has 4 rings (SSSR count). The van der Waals surface area contributed by atoms with Gasteiger partial charge in [-0.3, -0.25) is 14.0 Å². The molecular weight excluding hydrogens is 332 g/mol. The second-order valence-electron chi connectivity index (χ2n) is 7.08. The molecule has 2 amide bonds. The number of amides is 2. The van der Waals surface area contributed by atoms with E-state index in [2.05, 4.69) is 20.8 Å². The molecule has 0 aromatic carbocycles. The quantitative estimate of drug-likeness (QED) is 0.816. The number of aromatic nitrogens is 3. The van der Waals surface area contributed by atoms with E-state index in [1.165, 1.54) is 0 Å². The molecule has 2 aromatic heterocycles. The Balaban J connectivity index is 1.34. The second-order valence-corrected chi connectivity index (χ2v) is 7.08. The van der Waals surface area contributed by atoms with Gasteiger partial charge in [-0.15, -0.1) is 10.2 Å². The number of pyridine rings is 1.